The number of rotatable bonds is 7. The Bertz CT molecular complexity index is 973. The third kappa shape index (κ3) is 4.00. The van der Waals surface area contributed by atoms with Crippen molar-refractivity contribution in [1.29, 1.82) is 0 Å². The maximum absolute atomic E-state index is 13.2. The van der Waals surface area contributed by atoms with Gasteiger partial charge in [0.15, 0.2) is 0 Å². The lowest BCUT2D eigenvalue weighted by Gasteiger charge is -2.38. The molecule has 2 aromatic rings. The SMILES string of the molecule is CCC1(c2ccccc2)NC(=O)N(CC(=O)NCC2(c3ccccc3)CCOCC2)C1=O. The normalized spacial score (nSPS) is 22.5. The van der Waals surface area contributed by atoms with E-state index in [4.69, 9.17) is 4.74 Å². The van der Waals surface area contributed by atoms with Gasteiger partial charge in [-0.2, -0.15) is 0 Å². The Balaban J connectivity index is 1.46. The zero-order chi connectivity index (χ0) is 22.6. The molecule has 4 rings (SSSR count). The van der Waals surface area contributed by atoms with Crippen LogP contribution in [0.5, 0.6) is 0 Å². The van der Waals surface area contributed by atoms with Crippen LogP contribution in [0.25, 0.3) is 0 Å². The molecule has 2 aromatic carbocycles. The molecule has 0 aliphatic carbocycles. The van der Waals surface area contributed by atoms with E-state index in [1.165, 1.54) is 0 Å². The molecule has 7 heteroatoms. The molecule has 2 aliphatic rings. The first-order chi connectivity index (χ1) is 15.5. The third-order valence-corrected chi connectivity index (χ3v) is 6.73. The molecule has 0 bridgehead atoms. The standard InChI is InChI=1S/C25H29N3O4/c1-2-25(20-11-7-4-8-12-20)22(30)28(23(31)27-25)17-21(29)26-18-24(13-15-32-16-14-24)19-9-5-3-6-10-19/h3-12H,2,13-18H2,1H3,(H,26,29)(H,27,31). The predicted octanol–water partition coefficient (Wildman–Crippen LogP) is 2.71. The van der Waals surface area contributed by atoms with Crippen LogP contribution in [0.2, 0.25) is 0 Å². The number of urea groups is 1. The lowest BCUT2D eigenvalue weighted by molar-refractivity contribution is -0.135. The zero-order valence-electron chi connectivity index (χ0n) is 18.3. The highest BCUT2D eigenvalue weighted by atomic mass is 16.5. The fourth-order valence-corrected chi connectivity index (χ4v) is 4.72. The molecule has 1 unspecified atom stereocenters. The molecule has 4 amide bonds. The summed E-state index contributed by atoms with van der Waals surface area (Å²) in [4.78, 5) is 39.7. The number of amides is 4. The van der Waals surface area contributed by atoms with Gasteiger partial charge in [-0.1, -0.05) is 67.6 Å². The summed E-state index contributed by atoms with van der Waals surface area (Å²) >= 11 is 0. The summed E-state index contributed by atoms with van der Waals surface area (Å²) < 4.78 is 5.55. The average Bonchev–Trinajstić information content (AvgIpc) is 3.09. The average molecular weight is 436 g/mol. The molecule has 32 heavy (non-hydrogen) atoms. The van der Waals surface area contributed by atoms with Crippen molar-refractivity contribution < 1.29 is 19.1 Å². The van der Waals surface area contributed by atoms with Gasteiger partial charge in [-0.25, -0.2) is 4.79 Å². The highest BCUT2D eigenvalue weighted by Gasteiger charge is 2.51. The van der Waals surface area contributed by atoms with Crippen LogP contribution in [-0.2, 0) is 25.3 Å². The monoisotopic (exact) mass is 435 g/mol. The zero-order valence-corrected chi connectivity index (χ0v) is 18.3. The van der Waals surface area contributed by atoms with Gasteiger partial charge in [0.05, 0.1) is 0 Å². The second-order valence-electron chi connectivity index (χ2n) is 8.48. The molecular weight excluding hydrogens is 406 g/mol. The predicted molar refractivity (Wildman–Crippen MR) is 120 cm³/mol. The maximum Gasteiger partial charge on any atom is 0.325 e. The number of carbonyl (C=O) groups is 3. The van der Waals surface area contributed by atoms with Crippen molar-refractivity contribution in [1.82, 2.24) is 15.5 Å². The van der Waals surface area contributed by atoms with Crippen molar-refractivity contribution in [3.63, 3.8) is 0 Å². The quantitative estimate of drug-likeness (QED) is 0.655. The maximum atomic E-state index is 13.2. The first kappa shape index (κ1) is 22.0. The number of imide groups is 1. The summed E-state index contributed by atoms with van der Waals surface area (Å²) in [5, 5.41) is 5.79. The molecule has 1 atom stereocenters. The summed E-state index contributed by atoms with van der Waals surface area (Å²) in [6.45, 7) is 3.24. The number of hydrogen-bond acceptors (Lipinski definition) is 4. The minimum Gasteiger partial charge on any atom is -0.381 e. The number of benzene rings is 2. The van der Waals surface area contributed by atoms with E-state index in [0.29, 0.717) is 31.7 Å². The Morgan fingerprint density at radius 3 is 2.19 bits per heavy atom. The Labute approximate surface area is 188 Å². The van der Waals surface area contributed by atoms with E-state index in [2.05, 4.69) is 22.8 Å². The van der Waals surface area contributed by atoms with Crippen molar-refractivity contribution in [2.45, 2.75) is 37.1 Å². The van der Waals surface area contributed by atoms with E-state index < -0.39 is 17.5 Å². The summed E-state index contributed by atoms with van der Waals surface area (Å²) in [6, 6.07) is 18.7. The minimum atomic E-state index is -1.13. The van der Waals surface area contributed by atoms with Crippen molar-refractivity contribution in [2.24, 2.45) is 0 Å². The van der Waals surface area contributed by atoms with Crippen LogP contribution < -0.4 is 10.6 Å². The second kappa shape index (κ2) is 9.12. The van der Waals surface area contributed by atoms with Crippen LogP contribution in [0.1, 0.15) is 37.3 Å². The second-order valence-corrected chi connectivity index (χ2v) is 8.48. The number of hydrogen-bond donors (Lipinski definition) is 2. The van der Waals surface area contributed by atoms with Crippen LogP contribution in [0.3, 0.4) is 0 Å². The molecule has 0 aromatic heterocycles. The first-order valence-corrected chi connectivity index (χ1v) is 11.1. The summed E-state index contributed by atoms with van der Waals surface area (Å²) in [5.41, 5.74) is 0.524. The molecular formula is C25H29N3O4. The van der Waals surface area contributed by atoms with Crippen molar-refractivity contribution in [3.8, 4) is 0 Å². The van der Waals surface area contributed by atoms with E-state index in [1.807, 2.05) is 55.5 Å². The van der Waals surface area contributed by atoms with Gasteiger partial charge in [0.1, 0.15) is 12.1 Å². The fourth-order valence-electron chi connectivity index (χ4n) is 4.72. The fraction of sp³-hybridized carbons (Fsp3) is 0.400. The Hall–Kier alpha value is -3.19. The van der Waals surface area contributed by atoms with Crippen molar-refractivity contribution in [2.75, 3.05) is 26.3 Å². The highest BCUT2D eigenvalue weighted by Crippen LogP contribution is 2.35. The van der Waals surface area contributed by atoms with Crippen molar-refractivity contribution in [3.05, 3.63) is 71.8 Å². The summed E-state index contributed by atoms with van der Waals surface area (Å²) in [5.74, 6) is -0.745. The molecule has 2 fully saturated rings. The number of carbonyl (C=O) groups excluding carboxylic acids is 3. The van der Waals surface area contributed by atoms with Gasteiger partial charge in [-0.05, 0) is 30.4 Å². The van der Waals surface area contributed by atoms with Crippen LogP contribution in [0.4, 0.5) is 4.79 Å². The van der Waals surface area contributed by atoms with E-state index in [9.17, 15) is 14.4 Å². The number of ether oxygens (including phenoxy) is 1. The van der Waals surface area contributed by atoms with Gasteiger partial charge in [0, 0.05) is 25.2 Å². The first-order valence-electron chi connectivity index (χ1n) is 11.1. The van der Waals surface area contributed by atoms with Gasteiger partial charge in [0.2, 0.25) is 5.91 Å². The molecule has 0 spiro atoms. The minimum absolute atomic E-state index is 0.219. The third-order valence-electron chi connectivity index (χ3n) is 6.73. The Morgan fingerprint density at radius 2 is 1.59 bits per heavy atom. The van der Waals surface area contributed by atoms with Crippen molar-refractivity contribution >= 4 is 17.8 Å². The number of nitrogens with zero attached hydrogens (tertiary/aromatic N) is 1. The van der Waals surface area contributed by atoms with Gasteiger partial charge in [-0.3, -0.25) is 14.5 Å². The number of nitrogens with one attached hydrogen (secondary N) is 2. The van der Waals surface area contributed by atoms with E-state index in [0.717, 1.165) is 23.3 Å². The van der Waals surface area contributed by atoms with Crippen LogP contribution >= 0.6 is 0 Å². The van der Waals surface area contributed by atoms with Gasteiger partial charge in [0.25, 0.3) is 5.91 Å². The molecule has 7 nitrogen and oxygen atoms in total. The molecule has 168 valence electrons. The van der Waals surface area contributed by atoms with Gasteiger partial charge >= 0.3 is 6.03 Å². The highest BCUT2D eigenvalue weighted by molar-refractivity contribution is 6.09. The Kier molecular flexibility index (Phi) is 6.28. The molecule has 0 radical (unpaired) electrons. The largest absolute Gasteiger partial charge is 0.381 e. The Morgan fingerprint density at radius 1 is 1.00 bits per heavy atom. The lowest BCUT2D eigenvalue weighted by atomic mass is 9.74. The topological polar surface area (TPSA) is 87.7 Å². The van der Waals surface area contributed by atoms with Crippen LogP contribution in [0, 0.1) is 0 Å². The van der Waals surface area contributed by atoms with E-state index >= 15 is 0 Å². The summed E-state index contributed by atoms with van der Waals surface area (Å²) in [6.07, 6.45) is 2.00. The smallest absolute Gasteiger partial charge is 0.325 e. The summed E-state index contributed by atoms with van der Waals surface area (Å²) in [7, 11) is 0. The van der Waals surface area contributed by atoms with E-state index in [1.54, 1.807) is 0 Å². The van der Waals surface area contributed by atoms with E-state index in [-0.39, 0.29) is 17.9 Å². The van der Waals surface area contributed by atoms with Crippen LogP contribution in [-0.4, -0.2) is 49.0 Å². The molecule has 2 heterocycles. The van der Waals surface area contributed by atoms with Crippen LogP contribution in [0.15, 0.2) is 60.7 Å². The molecule has 2 saturated heterocycles. The molecule has 0 saturated carbocycles. The molecule has 2 aliphatic heterocycles. The van der Waals surface area contributed by atoms with Gasteiger partial charge in [-0.15, -0.1) is 0 Å². The molecule has 2 N–H and O–H groups in total. The van der Waals surface area contributed by atoms with Gasteiger partial charge < -0.3 is 15.4 Å². The lowest BCUT2D eigenvalue weighted by Crippen LogP contribution is -2.48.